The van der Waals surface area contributed by atoms with Crippen molar-refractivity contribution in [2.45, 2.75) is 32.4 Å². The number of aliphatic hydroxyl groups excluding tert-OH is 1. The van der Waals surface area contributed by atoms with Crippen LogP contribution in [0.25, 0.3) is 11.0 Å². The molecule has 0 bridgehead atoms. The zero-order valence-corrected chi connectivity index (χ0v) is 15.5. The van der Waals surface area contributed by atoms with Gasteiger partial charge in [0.1, 0.15) is 11.3 Å². The van der Waals surface area contributed by atoms with Gasteiger partial charge in [0, 0.05) is 25.8 Å². The molecule has 138 valence electrons. The topological polar surface area (TPSA) is 95.8 Å². The van der Waals surface area contributed by atoms with Crippen molar-refractivity contribution in [3.63, 3.8) is 0 Å². The number of anilines is 1. The van der Waals surface area contributed by atoms with Crippen molar-refractivity contribution in [1.82, 2.24) is 20.0 Å². The Morgan fingerprint density at radius 2 is 2.00 bits per heavy atom. The minimum atomic E-state index is -0.244. The van der Waals surface area contributed by atoms with Crippen LogP contribution >= 0.6 is 23.2 Å². The van der Waals surface area contributed by atoms with Crippen molar-refractivity contribution in [3.8, 4) is 0 Å². The molecule has 3 rings (SSSR count). The van der Waals surface area contributed by atoms with Crippen molar-refractivity contribution in [2.24, 2.45) is 0 Å². The third kappa shape index (κ3) is 4.35. The quantitative estimate of drug-likeness (QED) is 0.509. The third-order valence-corrected chi connectivity index (χ3v) is 4.74. The molecule has 9 heteroatoms. The van der Waals surface area contributed by atoms with Crippen LogP contribution in [0.3, 0.4) is 0 Å². The standard InChI is InChI=1S/C17H19Cl2N5O2/c18-12-5-4-11(8-13(12)19)10-20-15-9-14-16(17(26)21-15)24(23-22-14)6-2-1-3-7-25/h4-5,8-9,25H,1-3,6-7,10H2,(H2,20,21,26). The molecule has 0 saturated heterocycles. The van der Waals surface area contributed by atoms with Crippen molar-refractivity contribution >= 4 is 40.1 Å². The van der Waals surface area contributed by atoms with Gasteiger partial charge < -0.3 is 15.4 Å². The van der Waals surface area contributed by atoms with E-state index in [0.29, 0.717) is 40.0 Å². The number of nitrogens with zero attached hydrogens (tertiary/aromatic N) is 3. The lowest BCUT2D eigenvalue weighted by atomic mass is 10.2. The number of rotatable bonds is 8. The first-order chi connectivity index (χ1) is 12.6. The van der Waals surface area contributed by atoms with Gasteiger partial charge in [-0.1, -0.05) is 34.5 Å². The molecule has 3 aromatic rings. The van der Waals surface area contributed by atoms with Gasteiger partial charge in [0.15, 0.2) is 5.52 Å². The predicted molar refractivity (Wildman–Crippen MR) is 103 cm³/mol. The summed E-state index contributed by atoms with van der Waals surface area (Å²) in [5, 5.41) is 21.1. The number of aryl methyl sites for hydroxylation is 1. The van der Waals surface area contributed by atoms with Gasteiger partial charge in [0.25, 0.3) is 5.56 Å². The molecule has 1 aromatic carbocycles. The number of aromatic nitrogens is 4. The first kappa shape index (κ1) is 18.7. The molecule has 3 N–H and O–H groups in total. The van der Waals surface area contributed by atoms with Gasteiger partial charge in [0.2, 0.25) is 0 Å². The summed E-state index contributed by atoms with van der Waals surface area (Å²) in [6, 6.07) is 7.12. The maximum atomic E-state index is 12.4. The lowest BCUT2D eigenvalue weighted by Gasteiger charge is -2.07. The second-order valence-corrected chi connectivity index (χ2v) is 6.76. The van der Waals surface area contributed by atoms with E-state index in [9.17, 15) is 4.79 Å². The summed E-state index contributed by atoms with van der Waals surface area (Å²) in [6.45, 7) is 1.25. The molecule has 7 nitrogen and oxygen atoms in total. The summed E-state index contributed by atoms with van der Waals surface area (Å²) in [5.74, 6) is 0.556. The number of pyridine rings is 1. The highest BCUT2D eigenvalue weighted by molar-refractivity contribution is 6.42. The highest BCUT2D eigenvalue weighted by Gasteiger charge is 2.10. The molecule has 0 amide bonds. The minimum absolute atomic E-state index is 0.173. The first-order valence-electron chi connectivity index (χ1n) is 8.33. The Kier molecular flexibility index (Phi) is 6.13. The van der Waals surface area contributed by atoms with Crippen LogP contribution in [0.15, 0.2) is 29.1 Å². The Morgan fingerprint density at radius 3 is 2.77 bits per heavy atom. The van der Waals surface area contributed by atoms with Gasteiger partial charge in [-0.25, -0.2) is 4.68 Å². The Bertz CT molecular complexity index is 954. The number of hydrogen-bond acceptors (Lipinski definition) is 5. The molecule has 2 heterocycles. The van der Waals surface area contributed by atoms with Crippen LogP contribution in [-0.2, 0) is 13.1 Å². The zero-order chi connectivity index (χ0) is 18.5. The summed E-state index contributed by atoms with van der Waals surface area (Å²) >= 11 is 11.9. The van der Waals surface area contributed by atoms with E-state index in [-0.39, 0.29) is 12.2 Å². The number of aliphatic hydroxyl groups is 1. The van der Waals surface area contributed by atoms with Crippen molar-refractivity contribution in [2.75, 3.05) is 11.9 Å². The van der Waals surface area contributed by atoms with E-state index in [0.717, 1.165) is 24.8 Å². The highest BCUT2D eigenvalue weighted by Crippen LogP contribution is 2.23. The second-order valence-electron chi connectivity index (χ2n) is 5.94. The lowest BCUT2D eigenvalue weighted by molar-refractivity contribution is 0.281. The molecule has 0 unspecified atom stereocenters. The molecule has 0 aliphatic carbocycles. The number of benzene rings is 1. The van der Waals surface area contributed by atoms with Crippen LogP contribution in [-0.4, -0.2) is 31.7 Å². The number of aromatic amines is 1. The third-order valence-electron chi connectivity index (χ3n) is 4.00. The van der Waals surface area contributed by atoms with Gasteiger partial charge in [-0.15, -0.1) is 5.10 Å². The normalized spacial score (nSPS) is 11.2. The Balaban J connectivity index is 1.72. The van der Waals surface area contributed by atoms with Crippen molar-refractivity contribution in [1.29, 1.82) is 0 Å². The van der Waals surface area contributed by atoms with Gasteiger partial charge in [0.05, 0.1) is 10.0 Å². The van der Waals surface area contributed by atoms with Crippen LogP contribution < -0.4 is 10.9 Å². The molecule has 0 radical (unpaired) electrons. The minimum Gasteiger partial charge on any atom is -0.396 e. The van der Waals surface area contributed by atoms with E-state index in [4.69, 9.17) is 28.3 Å². The monoisotopic (exact) mass is 395 g/mol. The summed E-state index contributed by atoms with van der Waals surface area (Å²) in [5.41, 5.74) is 1.68. The lowest BCUT2D eigenvalue weighted by Crippen LogP contribution is -2.14. The first-order valence-corrected chi connectivity index (χ1v) is 9.09. The fourth-order valence-electron chi connectivity index (χ4n) is 2.66. The molecule has 0 saturated carbocycles. The van der Waals surface area contributed by atoms with E-state index in [1.807, 2.05) is 6.07 Å². The molecule has 0 aliphatic rings. The molecule has 0 fully saturated rings. The number of unbranched alkanes of at least 4 members (excludes halogenated alkanes) is 2. The largest absolute Gasteiger partial charge is 0.396 e. The molecular weight excluding hydrogens is 377 g/mol. The van der Waals surface area contributed by atoms with Crippen LogP contribution in [0.4, 0.5) is 5.82 Å². The molecule has 2 aromatic heterocycles. The van der Waals surface area contributed by atoms with Crippen LogP contribution in [0.5, 0.6) is 0 Å². The van der Waals surface area contributed by atoms with Gasteiger partial charge in [-0.2, -0.15) is 0 Å². The predicted octanol–water partition coefficient (Wildman–Crippen LogP) is 3.20. The molecular formula is C17H19Cl2N5O2. The van der Waals surface area contributed by atoms with Crippen LogP contribution in [0.2, 0.25) is 10.0 Å². The van der Waals surface area contributed by atoms with Crippen molar-refractivity contribution < 1.29 is 5.11 Å². The summed E-state index contributed by atoms with van der Waals surface area (Å²) in [6.07, 6.45) is 2.45. The maximum Gasteiger partial charge on any atom is 0.277 e. The van der Waals surface area contributed by atoms with Gasteiger partial charge >= 0.3 is 0 Å². The number of nitrogens with one attached hydrogen (secondary N) is 2. The van der Waals surface area contributed by atoms with E-state index in [1.54, 1.807) is 22.9 Å². The SMILES string of the molecule is O=c1[nH]c(NCc2ccc(Cl)c(Cl)c2)cc2nnn(CCCCCO)c12. The van der Waals surface area contributed by atoms with E-state index in [1.165, 1.54) is 0 Å². The average molecular weight is 396 g/mol. The summed E-state index contributed by atoms with van der Waals surface area (Å²) < 4.78 is 1.61. The van der Waals surface area contributed by atoms with E-state index >= 15 is 0 Å². The van der Waals surface area contributed by atoms with Crippen LogP contribution in [0, 0.1) is 0 Å². The maximum absolute atomic E-state index is 12.4. The smallest absolute Gasteiger partial charge is 0.277 e. The summed E-state index contributed by atoms with van der Waals surface area (Å²) in [4.78, 5) is 15.2. The summed E-state index contributed by atoms with van der Waals surface area (Å²) in [7, 11) is 0. The van der Waals surface area contributed by atoms with Crippen molar-refractivity contribution in [3.05, 3.63) is 50.2 Å². The molecule has 0 spiro atoms. The zero-order valence-electron chi connectivity index (χ0n) is 14.0. The molecule has 0 atom stereocenters. The fraction of sp³-hybridized carbons (Fsp3) is 0.353. The van der Waals surface area contributed by atoms with E-state index < -0.39 is 0 Å². The number of hydrogen-bond donors (Lipinski definition) is 3. The van der Waals surface area contributed by atoms with Crippen LogP contribution in [0.1, 0.15) is 24.8 Å². The Morgan fingerprint density at radius 1 is 1.15 bits per heavy atom. The molecule has 26 heavy (non-hydrogen) atoms. The second kappa shape index (κ2) is 8.53. The number of halogens is 2. The number of H-pyrrole nitrogens is 1. The van der Waals surface area contributed by atoms with Gasteiger partial charge in [-0.3, -0.25) is 4.79 Å². The average Bonchev–Trinajstić information content (AvgIpc) is 3.03. The molecule has 0 aliphatic heterocycles. The highest BCUT2D eigenvalue weighted by atomic mass is 35.5. The fourth-order valence-corrected chi connectivity index (χ4v) is 2.98. The Hall–Kier alpha value is -2.09. The number of fused-ring (bicyclic) bond motifs is 1. The Labute approximate surface area is 159 Å². The van der Waals surface area contributed by atoms with Gasteiger partial charge in [-0.05, 0) is 37.0 Å². The van der Waals surface area contributed by atoms with E-state index in [2.05, 4.69) is 20.6 Å².